The number of carbonyl (C=O) groups is 2. The zero-order valence-electron chi connectivity index (χ0n) is 16.9. The average Bonchev–Trinajstić information content (AvgIpc) is 3.22. The van der Waals surface area contributed by atoms with Crippen LogP contribution in [0.25, 0.3) is 0 Å². The second kappa shape index (κ2) is 9.76. The molecule has 0 spiro atoms. The van der Waals surface area contributed by atoms with Gasteiger partial charge in [-0.05, 0) is 31.4 Å². The van der Waals surface area contributed by atoms with Crippen molar-refractivity contribution in [3.8, 4) is 11.8 Å². The fourth-order valence-corrected chi connectivity index (χ4v) is 4.10. The predicted octanol–water partition coefficient (Wildman–Crippen LogP) is 3.52. The Morgan fingerprint density at radius 3 is 2.86 bits per heavy atom. The highest BCUT2D eigenvalue weighted by atomic mass is 16.6. The third-order valence-electron chi connectivity index (χ3n) is 5.83. The largest absolute Gasteiger partial charge is 0.462 e. The average molecular weight is 396 g/mol. The van der Waals surface area contributed by atoms with E-state index in [-0.39, 0.29) is 41.9 Å². The molecule has 6 atom stereocenters. The number of hydrogen-bond acceptors (Lipinski definition) is 5. The zero-order chi connectivity index (χ0) is 20.8. The number of rotatable bonds is 7. The summed E-state index contributed by atoms with van der Waals surface area (Å²) in [7, 11) is 0. The molecule has 1 N–H and O–H groups in total. The van der Waals surface area contributed by atoms with Crippen molar-refractivity contribution in [3.05, 3.63) is 48.0 Å². The van der Waals surface area contributed by atoms with Crippen LogP contribution in [0.5, 0.6) is 0 Å². The maximum absolute atomic E-state index is 12.5. The van der Waals surface area contributed by atoms with Crippen LogP contribution in [0.15, 0.2) is 42.5 Å². The number of hydrogen-bond donors (Lipinski definition) is 1. The molecule has 1 aliphatic heterocycles. The molecule has 0 bridgehead atoms. The van der Waals surface area contributed by atoms with Crippen molar-refractivity contribution in [2.24, 2.45) is 17.8 Å². The van der Waals surface area contributed by atoms with E-state index in [1.807, 2.05) is 19.1 Å². The van der Waals surface area contributed by atoms with Gasteiger partial charge in [-0.2, -0.15) is 0 Å². The van der Waals surface area contributed by atoms with Gasteiger partial charge in [0.15, 0.2) is 0 Å². The van der Waals surface area contributed by atoms with Crippen LogP contribution >= 0.6 is 0 Å². The fraction of sp³-hybridized carbons (Fsp3) is 0.500. The molecular weight excluding hydrogens is 368 g/mol. The van der Waals surface area contributed by atoms with E-state index in [4.69, 9.17) is 9.47 Å². The third kappa shape index (κ3) is 5.27. The number of fused-ring (bicyclic) bond motifs is 1. The van der Waals surface area contributed by atoms with Crippen molar-refractivity contribution in [1.29, 1.82) is 0 Å². The Morgan fingerprint density at radius 2 is 2.14 bits per heavy atom. The lowest BCUT2D eigenvalue weighted by Gasteiger charge is -2.21. The SMILES string of the molecule is CC#CCCC(C)[C@H](O)/C=C/[C@@H]1[C@H]2CC(=O)O[C@H]2C[C@H]1OC(=O)c1ccccc1. The minimum atomic E-state index is -0.615. The van der Waals surface area contributed by atoms with Crippen molar-refractivity contribution in [2.75, 3.05) is 0 Å². The number of esters is 2. The highest BCUT2D eigenvalue weighted by Gasteiger charge is 2.50. The van der Waals surface area contributed by atoms with Gasteiger partial charge in [0.05, 0.1) is 18.1 Å². The van der Waals surface area contributed by atoms with E-state index in [1.54, 1.807) is 37.3 Å². The van der Waals surface area contributed by atoms with E-state index in [0.717, 1.165) is 12.8 Å². The Morgan fingerprint density at radius 1 is 1.38 bits per heavy atom. The molecule has 5 nitrogen and oxygen atoms in total. The molecule has 1 heterocycles. The summed E-state index contributed by atoms with van der Waals surface area (Å²) in [5.74, 6) is 5.17. The maximum Gasteiger partial charge on any atom is 0.338 e. The van der Waals surface area contributed by atoms with E-state index >= 15 is 0 Å². The van der Waals surface area contributed by atoms with E-state index in [2.05, 4.69) is 11.8 Å². The van der Waals surface area contributed by atoms with Crippen LogP contribution in [0.1, 0.15) is 49.9 Å². The summed E-state index contributed by atoms with van der Waals surface area (Å²) in [4.78, 5) is 24.2. The van der Waals surface area contributed by atoms with Crippen LogP contribution in [0.2, 0.25) is 0 Å². The minimum absolute atomic E-state index is 0.0270. The third-order valence-corrected chi connectivity index (χ3v) is 5.83. The monoisotopic (exact) mass is 396 g/mol. The van der Waals surface area contributed by atoms with Crippen LogP contribution in [0, 0.1) is 29.6 Å². The molecule has 1 aliphatic carbocycles. The molecule has 1 saturated heterocycles. The van der Waals surface area contributed by atoms with E-state index in [9.17, 15) is 14.7 Å². The standard InChI is InChI=1S/C24H28O5/c1-3-4-6-9-16(2)20(25)13-12-18-19-14-23(26)28-22(19)15-21(18)29-24(27)17-10-7-5-8-11-17/h5,7-8,10-13,16,18-22,25H,6,9,14-15H2,1-2H3/b13-12+/t16?,18-,19-,20-,21-,22+/m1/s1. The second-order valence-corrected chi connectivity index (χ2v) is 7.84. The molecule has 5 heteroatoms. The summed E-state index contributed by atoms with van der Waals surface area (Å²) in [6.07, 6.45) is 4.80. The van der Waals surface area contributed by atoms with Crippen LogP contribution in [0.3, 0.4) is 0 Å². The first-order chi connectivity index (χ1) is 14.0. The molecular formula is C24H28O5. The first kappa shape index (κ1) is 21.1. The quantitative estimate of drug-likeness (QED) is 0.434. The van der Waals surface area contributed by atoms with Gasteiger partial charge in [-0.3, -0.25) is 4.79 Å². The van der Waals surface area contributed by atoms with Crippen molar-refractivity contribution in [3.63, 3.8) is 0 Å². The summed E-state index contributed by atoms with van der Waals surface area (Å²) in [6, 6.07) is 8.86. The van der Waals surface area contributed by atoms with Crippen LogP contribution in [-0.2, 0) is 14.3 Å². The molecule has 1 aromatic rings. The maximum atomic E-state index is 12.5. The lowest BCUT2D eigenvalue weighted by Crippen LogP contribution is -2.25. The highest BCUT2D eigenvalue weighted by molar-refractivity contribution is 5.89. The number of carbonyl (C=O) groups excluding carboxylic acids is 2. The Labute approximate surface area is 172 Å². The molecule has 2 fully saturated rings. The van der Waals surface area contributed by atoms with Crippen LogP contribution < -0.4 is 0 Å². The van der Waals surface area contributed by atoms with Gasteiger partial charge < -0.3 is 14.6 Å². The molecule has 29 heavy (non-hydrogen) atoms. The van der Waals surface area contributed by atoms with Gasteiger partial charge in [0.2, 0.25) is 0 Å². The predicted molar refractivity (Wildman–Crippen MR) is 109 cm³/mol. The van der Waals surface area contributed by atoms with Gasteiger partial charge in [-0.15, -0.1) is 11.8 Å². The van der Waals surface area contributed by atoms with Gasteiger partial charge in [-0.25, -0.2) is 4.79 Å². The first-order valence-electron chi connectivity index (χ1n) is 10.2. The van der Waals surface area contributed by atoms with Gasteiger partial charge in [-0.1, -0.05) is 37.3 Å². The van der Waals surface area contributed by atoms with Gasteiger partial charge in [0.25, 0.3) is 0 Å². The molecule has 1 aromatic carbocycles. The summed E-state index contributed by atoms with van der Waals surface area (Å²) in [5, 5.41) is 10.5. The molecule has 154 valence electrons. The molecule has 2 aliphatic rings. The first-order valence-corrected chi connectivity index (χ1v) is 10.2. The molecule has 0 amide bonds. The Kier molecular flexibility index (Phi) is 7.11. The zero-order valence-corrected chi connectivity index (χ0v) is 16.9. The van der Waals surface area contributed by atoms with Crippen molar-refractivity contribution in [1.82, 2.24) is 0 Å². The summed E-state index contributed by atoms with van der Waals surface area (Å²) in [5.41, 5.74) is 0.495. The summed E-state index contributed by atoms with van der Waals surface area (Å²) in [6.45, 7) is 3.79. The Hall–Kier alpha value is -2.58. The normalized spacial score (nSPS) is 27.6. The van der Waals surface area contributed by atoms with Gasteiger partial charge in [0, 0.05) is 24.7 Å². The van der Waals surface area contributed by atoms with Gasteiger partial charge >= 0.3 is 11.9 Å². The fourth-order valence-electron chi connectivity index (χ4n) is 4.10. The molecule has 0 radical (unpaired) electrons. The van der Waals surface area contributed by atoms with Crippen molar-refractivity contribution < 1.29 is 24.2 Å². The summed E-state index contributed by atoms with van der Waals surface area (Å²) >= 11 is 0. The van der Waals surface area contributed by atoms with Crippen LogP contribution in [-0.4, -0.2) is 35.4 Å². The number of ether oxygens (including phenoxy) is 2. The smallest absolute Gasteiger partial charge is 0.338 e. The lowest BCUT2D eigenvalue weighted by molar-refractivity contribution is -0.141. The molecule has 1 saturated carbocycles. The molecule has 0 aromatic heterocycles. The second-order valence-electron chi connectivity index (χ2n) is 7.84. The number of benzene rings is 1. The van der Waals surface area contributed by atoms with E-state index in [0.29, 0.717) is 18.4 Å². The Bertz CT molecular complexity index is 804. The number of aliphatic hydroxyl groups excluding tert-OH is 1. The molecule has 3 rings (SSSR count). The number of aliphatic hydroxyl groups is 1. The molecule has 1 unspecified atom stereocenters. The van der Waals surface area contributed by atoms with E-state index in [1.165, 1.54) is 0 Å². The highest BCUT2D eigenvalue weighted by Crippen LogP contribution is 2.43. The topological polar surface area (TPSA) is 72.8 Å². The van der Waals surface area contributed by atoms with Crippen molar-refractivity contribution >= 4 is 11.9 Å². The van der Waals surface area contributed by atoms with Crippen LogP contribution in [0.4, 0.5) is 0 Å². The lowest BCUT2D eigenvalue weighted by atomic mass is 9.90. The summed E-state index contributed by atoms with van der Waals surface area (Å²) < 4.78 is 11.2. The van der Waals surface area contributed by atoms with Gasteiger partial charge in [0.1, 0.15) is 12.2 Å². The minimum Gasteiger partial charge on any atom is -0.462 e. The Balaban J connectivity index is 1.68. The van der Waals surface area contributed by atoms with E-state index < -0.39 is 6.10 Å². The van der Waals surface area contributed by atoms with Crippen molar-refractivity contribution in [2.45, 2.75) is 57.8 Å².